The van der Waals surface area contributed by atoms with Gasteiger partial charge in [-0.1, -0.05) is 13.0 Å². The molecule has 0 aliphatic heterocycles. The van der Waals surface area contributed by atoms with Crippen LogP contribution in [0, 0.1) is 18.6 Å². The number of hydrogen-bond donors (Lipinski definition) is 3. The lowest BCUT2D eigenvalue weighted by Gasteiger charge is -2.11. The van der Waals surface area contributed by atoms with Gasteiger partial charge in [-0.3, -0.25) is 0 Å². The van der Waals surface area contributed by atoms with Crippen molar-refractivity contribution < 1.29 is 8.78 Å². The molecule has 0 spiro atoms. The number of aromatic nitrogens is 2. The summed E-state index contributed by atoms with van der Waals surface area (Å²) in [5.74, 6) is 5.12. The van der Waals surface area contributed by atoms with Crippen molar-refractivity contribution in [2.24, 2.45) is 5.84 Å². The monoisotopic (exact) mass is 279 g/mol. The van der Waals surface area contributed by atoms with Crippen molar-refractivity contribution in [3.8, 4) is 0 Å². The molecule has 0 saturated heterocycles. The Morgan fingerprint density at radius 2 is 1.90 bits per heavy atom. The minimum absolute atomic E-state index is 0.242. The SMILES string of the molecule is CCc1nc(NN)cc(Nc2c(F)ccc(C)c2F)n1. The molecule has 4 N–H and O–H groups in total. The molecule has 2 aromatic rings. The Balaban J connectivity index is 2.42. The molecule has 0 radical (unpaired) electrons. The smallest absolute Gasteiger partial charge is 0.152 e. The normalized spacial score (nSPS) is 10.4. The zero-order chi connectivity index (χ0) is 14.7. The average Bonchev–Trinajstić information content (AvgIpc) is 2.47. The maximum absolute atomic E-state index is 13.9. The van der Waals surface area contributed by atoms with E-state index in [2.05, 4.69) is 20.7 Å². The molecular weight excluding hydrogens is 264 g/mol. The molecule has 7 heteroatoms. The summed E-state index contributed by atoms with van der Waals surface area (Å²) in [4.78, 5) is 8.26. The second-order valence-electron chi connectivity index (χ2n) is 4.23. The molecule has 0 bridgehead atoms. The molecule has 1 heterocycles. The lowest BCUT2D eigenvalue weighted by atomic mass is 10.2. The predicted octanol–water partition coefficient (Wildman–Crippen LogP) is 2.65. The highest BCUT2D eigenvalue weighted by atomic mass is 19.1. The Hall–Kier alpha value is -2.28. The zero-order valence-electron chi connectivity index (χ0n) is 11.2. The van der Waals surface area contributed by atoms with Crippen LogP contribution in [-0.2, 0) is 6.42 Å². The van der Waals surface area contributed by atoms with E-state index in [1.165, 1.54) is 18.2 Å². The number of benzene rings is 1. The van der Waals surface area contributed by atoms with Gasteiger partial charge in [0, 0.05) is 12.5 Å². The van der Waals surface area contributed by atoms with Gasteiger partial charge in [0.1, 0.15) is 29.0 Å². The van der Waals surface area contributed by atoms with Gasteiger partial charge in [0.15, 0.2) is 5.82 Å². The Morgan fingerprint density at radius 3 is 2.55 bits per heavy atom. The minimum Gasteiger partial charge on any atom is -0.335 e. The van der Waals surface area contributed by atoms with Crippen LogP contribution in [0.2, 0.25) is 0 Å². The molecule has 0 amide bonds. The first-order valence-corrected chi connectivity index (χ1v) is 6.11. The quantitative estimate of drug-likeness (QED) is 0.592. The van der Waals surface area contributed by atoms with Crippen LogP contribution in [0.5, 0.6) is 0 Å². The third-order valence-corrected chi connectivity index (χ3v) is 2.77. The fourth-order valence-corrected chi connectivity index (χ4v) is 1.69. The van der Waals surface area contributed by atoms with Crippen LogP contribution < -0.4 is 16.6 Å². The van der Waals surface area contributed by atoms with E-state index < -0.39 is 11.6 Å². The molecule has 0 atom stereocenters. The summed E-state index contributed by atoms with van der Waals surface area (Å²) in [5.41, 5.74) is 2.49. The molecule has 0 saturated carbocycles. The highest BCUT2D eigenvalue weighted by Gasteiger charge is 2.13. The van der Waals surface area contributed by atoms with E-state index in [0.717, 1.165) is 0 Å². The number of halogens is 2. The number of nitrogen functional groups attached to an aromatic ring is 1. The van der Waals surface area contributed by atoms with Crippen molar-refractivity contribution >= 4 is 17.3 Å². The van der Waals surface area contributed by atoms with E-state index in [1.807, 2.05) is 6.92 Å². The highest BCUT2D eigenvalue weighted by molar-refractivity contribution is 5.61. The molecule has 20 heavy (non-hydrogen) atoms. The topological polar surface area (TPSA) is 75.9 Å². The summed E-state index contributed by atoms with van der Waals surface area (Å²) >= 11 is 0. The second kappa shape index (κ2) is 5.79. The third-order valence-electron chi connectivity index (χ3n) is 2.77. The van der Waals surface area contributed by atoms with Crippen LogP contribution in [-0.4, -0.2) is 9.97 Å². The van der Waals surface area contributed by atoms with Crippen molar-refractivity contribution in [2.45, 2.75) is 20.3 Å². The predicted molar refractivity (Wildman–Crippen MR) is 73.6 cm³/mol. The maximum atomic E-state index is 13.9. The number of nitrogens with two attached hydrogens (primary N) is 1. The summed E-state index contributed by atoms with van der Waals surface area (Å²) in [5, 5.41) is 2.63. The Kier molecular flexibility index (Phi) is 4.09. The fraction of sp³-hybridized carbons (Fsp3) is 0.231. The first kappa shape index (κ1) is 14.1. The highest BCUT2D eigenvalue weighted by Crippen LogP contribution is 2.25. The van der Waals surface area contributed by atoms with E-state index in [0.29, 0.717) is 23.6 Å². The summed E-state index contributed by atoms with van der Waals surface area (Å²) in [6.45, 7) is 3.43. The van der Waals surface area contributed by atoms with Crippen LogP contribution >= 0.6 is 0 Å². The number of rotatable bonds is 4. The van der Waals surface area contributed by atoms with Gasteiger partial charge in [-0.25, -0.2) is 24.6 Å². The van der Waals surface area contributed by atoms with Gasteiger partial charge >= 0.3 is 0 Å². The summed E-state index contributed by atoms with van der Waals surface area (Å²) in [6.07, 6.45) is 0.572. The van der Waals surface area contributed by atoms with Crippen LogP contribution in [0.1, 0.15) is 18.3 Å². The zero-order valence-corrected chi connectivity index (χ0v) is 11.2. The number of hydrazine groups is 1. The standard InChI is InChI=1S/C13H15F2N5/c1-3-9-17-10(6-11(18-9)20-16)19-13-8(14)5-4-7(2)12(13)15/h4-6H,3,16H2,1-2H3,(H2,17,18,19,20). The van der Waals surface area contributed by atoms with E-state index in [4.69, 9.17) is 5.84 Å². The first-order chi connectivity index (χ1) is 9.55. The largest absolute Gasteiger partial charge is 0.335 e. The molecule has 1 aromatic heterocycles. The van der Waals surface area contributed by atoms with Crippen molar-refractivity contribution in [1.82, 2.24) is 9.97 Å². The molecule has 0 aliphatic rings. The van der Waals surface area contributed by atoms with Crippen molar-refractivity contribution in [3.63, 3.8) is 0 Å². The number of hydrogen-bond acceptors (Lipinski definition) is 5. The van der Waals surface area contributed by atoms with Crippen LogP contribution in [0.4, 0.5) is 26.1 Å². The van der Waals surface area contributed by atoms with Gasteiger partial charge in [0.05, 0.1) is 0 Å². The van der Waals surface area contributed by atoms with E-state index in [1.54, 1.807) is 6.92 Å². The summed E-state index contributed by atoms with van der Waals surface area (Å²) in [6, 6.07) is 4.05. The first-order valence-electron chi connectivity index (χ1n) is 6.11. The van der Waals surface area contributed by atoms with Crippen molar-refractivity contribution in [3.05, 3.63) is 41.2 Å². The molecular formula is C13H15F2N5. The van der Waals surface area contributed by atoms with E-state index in [-0.39, 0.29) is 11.5 Å². The minimum atomic E-state index is -0.688. The second-order valence-corrected chi connectivity index (χ2v) is 4.23. The molecule has 0 fully saturated rings. The molecule has 0 unspecified atom stereocenters. The van der Waals surface area contributed by atoms with Crippen molar-refractivity contribution in [2.75, 3.05) is 10.7 Å². The molecule has 1 aromatic carbocycles. The molecule has 0 aliphatic carbocycles. The maximum Gasteiger partial charge on any atom is 0.152 e. The molecule has 106 valence electrons. The Morgan fingerprint density at radius 1 is 1.20 bits per heavy atom. The van der Waals surface area contributed by atoms with Gasteiger partial charge in [-0.05, 0) is 18.6 Å². The number of nitrogens with zero attached hydrogens (tertiary/aromatic N) is 2. The summed E-state index contributed by atoms with van der Waals surface area (Å²) in [7, 11) is 0. The van der Waals surface area contributed by atoms with Gasteiger partial charge in [-0.2, -0.15) is 0 Å². The van der Waals surface area contributed by atoms with Crippen LogP contribution in [0.3, 0.4) is 0 Å². The third kappa shape index (κ3) is 2.83. The number of anilines is 3. The Labute approximate surface area is 115 Å². The van der Waals surface area contributed by atoms with Gasteiger partial charge in [0.2, 0.25) is 0 Å². The number of aryl methyl sites for hydroxylation is 2. The van der Waals surface area contributed by atoms with Crippen LogP contribution in [0.25, 0.3) is 0 Å². The molecule has 2 rings (SSSR count). The van der Waals surface area contributed by atoms with Gasteiger partial charge < -0.3 is 10.7 Å². The number of nitrogens with one attached hydrogen (secondary N) is 2. The van der Waals surface area contributed by atoms with E-state index in [9.17, 15) is 8.78 Å². The van der Waals surface area contributed by atoms with Gasteiger partial charge in [-0.15, -0.1) is 0 Å². The van der Waals surface area contributed by atoms with E-state index >= 15 is 0 Å². The fourth-order valence-electron chi connectivity index (χ4n) is 1.69. The lowest BCUT2D eigenvalue weighted by Crippen LogP contribution is -2.11. The lowest BCUT2D eigenvalue weighted by molar-refractivity contribution is 0.584. The Bertz CT molecular complexity index is 608. The summed E-state index contributed by atoms with van der Waals surface area (Å²) < 4.78 is 27.6. The van der Waals surface area contributed by atoms with Crippen molar-refractivity contribution in [1.29, 1.82) is 0 Å². The van der Waals surface area contributed by atoms with Gasteiger partial charge in [0.25, 0.3) is 0 Å². The molecule has 5 nitrogen and oxygen atoms in total. The van der Waals surface area contributed by atoms with Crippen LogP contribution in [0.15, 0.2) is 18.2 Å². The average molecular weight is 279 g/mol.